The number of halogens is 4. The van der Waals surface area contributed by atoms with Gasteiger partial charge in [0.15, 0.2) is 0 Å². The molecule has 0 saturated carbocycles. The SMILES string of the molecule is O=C(Nc1ccccc1C(F)(F)F)NC1(c2cccc(Br)c2)CCOCC1. The van der Waals surface area contributed by atoms with E-state index in [4.69, 9.17) is 4.74 Å². The monoisotopic (exact) mass is 442 g/mol. The highest BCUT2D eigenvalue weighted by molar-refractivity contribution is 9.10. The fraction of sp³-hybridized carbons (Fsp3) is 0.316. The Kier molecular flexibility index (Phi) is 5.76. The molecule has 1 aliphatic heterocycles. The van der Waals surface area contributed by atoms with Gasteiger partial charge in [-0.05, 0) is 42.7 Å². The average Bonchev–Trinajstić information content (AvgIpc) is 2.62. The Morgan fingerprint density at radius 1 is 1.07 bits per heavy atom. The van der Waals surface area contributed by atoms with Crippen LogP contribution >= 0.6 is 15.9 Å². The van der Waals surface area contributed by atoms with Crippen LogP contribution in [0, 0.1) is 0 Å². The third-order valence-corrected chi connectivity index (χ3v) is 5.05. The van der Waals surface area contributed by atoms with E-state index in [1.807, 2.05) is 24.3 Å². The largest absolute Gasteiger partial charge is 0.418 e. The second-order valence-corrected chi connectivity index (χ2v) is 7.24. The second kappa shape index (κ2) is 7.90. The van der Waals surface area contributed by atoms with Gasteiger partial charge in [-0.3, -0.25) is 0 Å². The van der Waals surface area contributed by atoms with Gasteiger partial charge in [0.25, 0.3) is 0 Å². The molecule has 0 aliphatic carbocycles. The average molecular weight is 443 g/mol. The Bertz CT molecular complexity index is 821. The van der Waals surface area contributed by atoms with Gasteiger partial charge in [-0.15, -0.1) is 0 Å². The Balaban J connectivity index is 1.84. The highest BCUT2D eigenvalue weighted by Gasteiger charge is 2.37. The third-order valence-electron chi connectivity index (χ3n) is 4.56. The first-order valence-electron chi connectivity index (χ1n) is 8.39. The van der Waals surface area contributed by atoms with Crippen molar-refractivity contribution >= 4 is 27.6 Å². The molecular weight excluding hydrogens is 425 g/mol. The normalized spacial score (nSPS) is 16.6. The maximum Gasteiger partial charge on any atom is 0.418 e. The van der Waals surface area contributed by atoms with E-state index in [9.17, 15) is 18.0 Å². The van der Waals surface area contributed by atoms with E-state index >= 15 is 0 Å². The molecule has 2 aromatic carbocycles. The lowest BCUT2D eigenvalue weighted by Gasteiger charge is -2.38. The minimum absolute atomic E-state index is 0.279. The first kappa shape index (κ1) is 19.7. The molecular formula is C19H18BrF3N2O2. The van der Waals surface area contributed by atoms with Crippen LogP contribution in [-0.4, -0.2) is 19.2 Å². The standard InChI is InChI=1S/C19H18BrF3N2O2/c20-14-5-3-4-13(12-14)18(8-10-27-11-9-18)25-17(26)24-16-7-2-1-6-15(16)19(21,22)23/h1-7,12H,8-11H2,(H2,24,25,26). The molecule has 0 aromatic heterocycles. The molecule has 2 amide bonds. The smallest absolute Gasteiger partial charge is 0.381 e. The van der Waals surface area contributed by atoms with Crippen LogP contribution in [0.4, 0.5) is 23.7 Å². The maximum atomic E-state index is 13.1. The van der Waals surface area contributed by atoms with Gasteiger partial charge in [0.1, 0.15) is 0 Å². The van der Waals surface area contributed by atoms with Crippen molar-refractivity contribution in [2.75, 3.05) is 18.5 Å². The summed E-state index contributed by atoms with van der Waals surface area (Å²) in [4.78, 5) is 12.6. The number of carbonyl (C=O) groups excluding carboxylic acids is 1. The maximum absolute atomic E-state index is 13.1. The van der Waals surface area contributed by atoms with E-state index in [1.54, 1.807) is 0 Å². The molecule has 0 atom stereocenters. The summed E-state index contributed by atoms with van der Waals surface area (Å²) >= 11 is 3.42. The number of nitrogens with one attached hydrogen (secondary N) is 2. The van der Waals surface area contributed by atoms with Crippen molar-refractivity contribution in [2.45, 2.75) is 24.6 Å². The minimum Gasteiger partial charge on any atom is -0.381 e. The quantitative estimate of drug-likeness (QED) is 0.677. The van der Waals surface area contributed by atoms with E-state index < -0.39 is 23.3 Å². The molecule has 0 unspecified atom stereocenters. The predicted molar refractivity (Wildman–Crippen MR) is 99.5 cm³/mol. The van der Waals surface area contributed by atoms with Crippen LogP contribution in [0.1, 0.15) is 24.0 Å². The molecule has 2 N–H and O–H groups in total. The summed E-state index contributed by atoms with van der Waals surface area (Å²) in [7, 11) is 0. The molecule has 1 heterocycles. The van der Waals surface area contributed by atoms with Gasteiger partial charge < -0.3 is 15.4 Å². The van der Waals surface area contributed by atoms with E-state index in [0.717, 1.165) is 16.1 Å². The zero-order valence-corrected chi connectivity index (χ0v) is 15.9. The van der Waals surface area contributed by atoms with Gasteiger partial charge in [0.2, 0.25) is 0 Å². The number of benzene rings is 2. The first-order chi connectivity index (χ1) is 12.8. The van der Waals surface area contributed by atoms with Crippen LogP contribution in [0.15, 0.2) is 53.0 Å². The van der Waals surface area contributed by atoms with E-state index in [-0.39, 0.29) is 5.69 Å². The zero-order valence-electron chi connectivity index (χ0n) is 14.3. The molecule has 0 radical (unpaired) electrons. The highest BCUT2D eigenvalue weighted by atomic mass is 79.9. The van der Waals surface area contributed by atoms with Gasteiger partial charge in [-0.2, -0.15) is 13.2 Å². The Hall–Kier alpha value is -2.06. The number of hydrogen-bond donors (Lipinski definition) is 2. The predicted octanol–water partition coefficient (Wildman–Crippen LogP) is 5.30. The van der Waals surface area contributed by atoms with Crippen molar-refractivity contribution in [3.63, 3.8) is 0 Å². The van der Waals surface area contributed by atoms with Crippen molar-refractivity contribution in [3.05, 3.63) is 64.1 Å². The number of hydrogen-bond acceptors (Lipinski definition) is 2. The van der Waals surface area contributed by atoms with Gasteiger partial charge in [-0.1, -0.05) is 40.2 Å². The van der Waals surface area contributed by atoms with Gasteiger partial charge in [0, 0.05) is 17.7 Å². The fourth-order valence-electron chi connectivity index (χ4n) is 3.20. The number of anilines is 1. The number of para-hydroxylation sites is 1. The molecule has 27 heavy (non-hydrogen) atoms. The molecule has 1 aliphatic rings. The molecule has 0 bridgehead atoms. The van der Waals surface area contributed by atoms with Crippen LogP contribution in [0.3, 0.4) is 0 Å². The van der Waals surface area contributed by atoms with Gasteiger partial charge >= 0.3 is 12.2 Å². The number of carbonyl (C=O) groups is 1. The van der Waals surface area contributed by atoms with Crippen molar-refractivity contribution in [2.24, 2.45) is 0 Å². The van der Waals surface area contributed by atoms with Gasteiger partial charge in [-0.25, -0.2) is 4.79 Å². The van der Waals surface area contributed by atoms with Crippen molar-refractivity contribution in [1.82, 2.24) is 5.32 Å². The topological polar surface area (TPSA) is 50.4 Å². The molecule has 4 nitrogen and oxygen atoms in total. The van der Waals surface area contributed by atoms with Crippen molar-refractivity contribution < 1.29 is 22.7 Å². The van der Waals surface area contributed by atoms with Crippen LogP contribution < -0.4 is 10.6 Å². The molecule has 144 valence electrons. The molecule has 1 fully saturated rings. The lowest BCUT2D eigenvalue weighted by atomic mass is 9.83. The Labute approximate surface area is 163 Å². The summed E-state index contributed by atoms with van der Waals surface area (Å²) in [5.41, 5.74) is -0.999. The summed E-state index contributed by atoms with van der Waals surface area (Å²) in [5, 5.41) is 5.24. The lowest BCUT2D eigenvalue weighted by molar-refractivity contribution is -0.136. The zero-order chi connectivity index (χ0) is 19.5. The third kappa shape index (κ3) is 4.62. The molecule has 0 spiro atoms. The summed E-state index contributed by atoms with van der Waals surface area (Å²) in [6, 6.07) is 11.7. The Morgan fingerprint density at radius 3 is 2.44 bits per heavy atom. The number of ether oxygens (including phenoxy) is 1. The summed E-state index contributed by atoms with van der Waals surface area (Å²) in [5.74, 6) is 0. The Morgan fingerprint density at radius 2 is 1.78 bits per heavy atom. The summed E-state index contributed by atoms with van der Waals surface area (Å²) in [6.45, 7) is 0.901. The first-order valence-corrected chi connectivity index (χ1v) is 9.19. The van der Waals surface area contributed by atoms with E-state index in [2.05, 4.69) is 26.6 Å². The minimum atomic E-state index is -4.55. The number of urea groups is 1. The molecule has 3 rings (SSSR count). The van der Waals surface area contributed by atoms with Crippen LogP contribution in [-0.2, 0) is 16.5 Å². The van der Waals surface area contributed by atoms with Crippen LogP contribution in [0.2, 0.25) is 0 Å². The van der Waals surface area contributed by atoms with Crippen molar-refractivity contribution in [3.8, 4) is 0 Å². The number of rotatable bonds is 3. The van der Waals surface area contributed by atoms with Gasteiger partial charge in [0.05, 0.1) is 16.8 Å². The summed E-state index contributed by atoms with van der Waals surface area (Å²) < 4.78 is 45.7. The number of amides is 2. The summed E-state index contributed by atoms with van der Waals surface area (Å²) in [6.07, 6.45) is -3.50. The van der Waals surface area contributed by atoms with Crippen LogP contribution in [0.5, 0.6) is 0 Å². The van der Waals surface area contributed by atoms with Crippen LogP contribution in [0.25, 0.3) is 0 Å². The second-order valence-electron chi connectivity index (χ2n) is 6.33. The highest BCUT2D eigenvalue weighted by Crippen LogP contribution is 2.36. The molecule has 2 aromatic rings. The molecule has 1 saturated heterocycles. The number of alkyl halides is 3. The molecule has 8 heteroatoms. The fourth-order valence-corrected chi connectivity index (χ4v) is 3.60. The van der Waals surface area contributed by atoms with Crippen molar-refractivity contribution in [1.29, 1.82) is 0 Å². The lowest BCUT2D eigenvalue weighted by Crippen LogP contribution is -2.51. The van der Waals surface area contributed by atoms with E-state index in [0.29, 0.717) is 26.1 Å². The van der Waals surface area contributed by atoms with E-state index in [1.165, 1.54) is 18.2 Å².